The van der Waals surface area contributed by atoms with Crippen LogP contribution in [0.5, 0.6) is 0 Å². The molecular formula is C40H54ClNO4. The second-order valence-corrected chi connectivity index (χ2v) is 15.9. The Morgan fingerprint density at radius 3 is 2.37 bits per heavy atom. The minimum absolute atomic E-state index is 0.0615. The van der Waals surface area contributed by atoms with Crippen LogP contribution in [0.2, 0.25) is 5.02 Å². The molecule has 1 saturated heterocycles. The van der Waals surface area contributed by atoms with Crippen LogP contribution in [0.4, 0.5) is 0 Å². The second kappa shape index (κ2) is 13.8. The van der Waals surface area contributed by atoms with Gasteiger partial charge in [-0.1, -0.05) is 73.7 Å². The topological polar surface area (TPSA) is 81.0 Å². The van der Waals surface area contributed by atoms with Crippen molar-refractivity contribution in [2.24, 2.45) is 11.3 Å². The first-order valence-corrected chi connectivity index (χ1v) is 18.3. The van der Waals surface area contributed by atoms with Gasteiger partial charge in [0, 0.05) is 41.6 Å². The molecule has 3 fully saturated rings. The lowest BCUT2D eigenvalue weighted by Crippen LogP contribution is -2.55. The number of halogens is 1. The van der Waals surface area contributed by atoms with Crippen molar-refractivity contribution in [1.82, 2.24) is 4.90 Å². The number of piperidine rings is 1. The van der Waals surface area contributed by atoms with E-state index in [1.54, 1.807) is 0 Å². The van der Waals surface area contributed by atoms with Crippen LogP contribution in [0.1, 0.15) is 130 Å². The maximum atomic E-state index is 14.3. The zero-order valence-corrected chi connectivity index (χ0v) is 28.7. The van der Waals surface area contributed by atoms with E-state index in [4.69, 9.17) is 11.6 Å². The van der Waals surface area contributed by atoms with Crippen LogP contribution in [0.3, 0.4) is 0 Å². The highest BCUT2D eigenvalue weighted by Gasteiger charge is 2.57. The zero-order chi connectivity index (χ0) is 32.5. The predicted molar refractivity (Wildman–Crippen MR) is 185 cm³/mol. The molecule has 0 amide bonds. The van der Waals surface area contributed by atoms with Crippen LogP contribution >= 0.6 is 11.6 Å². The number of benzene rings is 2. The summed E-state index contributed by atoms with van der Waals surface area (Å²) in [5, 5.41) is 35.8. The summed E-state index contributed by atoms with van der Waals surface area (Å²) in [5.41, 5.74) is 2.92. The number of allylic oxidation sites excluding steroid dienone is 2. The molecular weight excluding hydrogens is 594 g/mol. The summed E-state index contributed by atoms with van der Waals surface area (Å²) >= 11 is 6.11. The van der Waals surface area contributed by atoms with Gasteiger partial charge in [-0.15, -0.1) is 0 Å². The maximum absolute atomic E-state index is 14.3. The fraction of sp³-hybridized carbons (Fsp3) is 0.625. The minimum atomic E-state index is -0.924. The van der Waals surface area contributed by atoms with Crippen LogP contribution in [0.15, 0.2) is 54.1 Å². The third-order valence-electron chi connectivity index (χ3n) is 12.5. The van der Waals surface area contributed by atoms with Crippen LogP contribution in [-0.4, -0.2) is 57.3 Å². The fourth-order valence-electron chi connectivity index (χ4n) is 9.30. The summed E-state index contributed by atoms with van der Waals surface area (Å²) < 4.78 is 0. The van der Waals surface area contributed by atoms with Gasteiger partial charge >= 0.3 is 0 Å². The Kier molecular flexibility index (Phi) is 10.2. The fourth-order valence-corrected chi connectivity index (χ4v) is 9.42. The highest BCUT2D eigenvalue weighted by atomic mass is 35.5. The third-order valence-corrected chi connectivity index (χ3v) is 12.7. The normalized spacial score (nSPS) is 31.2. The monoisotopic (exact) mass is 647 g/mol. The van der Waals surface area contributed by atoms with E-state index in [9.17, 15) is 20.1 Å². The largest absolute Gasteiger partial charge is 0.393 e. The molecule has 2 saturated carbocycles. The number of Topliss-reactive ketones (excluding diaryl/α,β-unsaturated/α-hetero) is 1. The standard InChI is InChI=1S/C40H54ClNO4/c1-28-7-6-19-38(2)36(18-20-40(38,46)27-42-23-21-39(45,22-24-42)31-12-14-32(41)15-13-31)34-17-11-29(25-33(43)16-10-28)26-35(34)37(44)30-8-4-3-5-9-30/h7,11-15,17,26,30,33,36,43,45-46H,3-6,8-10,16,18-25,27H2,1-2H3/t33-,36-,38-,40+/m0/s1. The predicted octanol–water partition coefficient (Wildman–Crippen LogP) is 8.13. The molecule has 5 aliphatic rings. The van der Waals surface area contributed by atoms with Gasteiger partial charge in [0.25, 0.3) is 0 Å². The molecule has 4 atom stereocenters. The average Bonchev–Trinajstić information content (AvgIpc) is 3.30. The van der Waals surface area contributed by atoms with Crippen molar-refractivity contribution in [2.45, 2.75) is 127 Å². The number of fused-ring (bicyclic) bond motifs is 8. The van der Waals surface area contributed by atoms with Gasteiger partial charge in [-0.3, -0.25) is 4.79 Å². The number of carbonyl (C=O) groups is 1. The Hall–Kier alpha value is -2.02. The first kappa shape index (κ1) is 33.9. The number of rotatable bonds is 5. The highest BCUT2D eigenvalue weighted by molar-refractivity contribution is 6.30. The number of carbonyl (C=O) groups excluding carboxylic acids is 1. The number of hydrogen-bond acceptors (Lipinski definition) is 5. The van der Waals surface area contributed by atoms with E-state index in [-0.39, 0.29) is 17.6 Å². The molecule has 3 N–H and O–H groups in total. The van der Waals surface area contributed by atoms with E-state index < -0.39 is 22.7 Å². The van der Waals surface area contributed by atoms with Gasteiger partial charge in [-0.05, 0) is 118 Å². The summed E-state index contributed by atoms with van der Waals surface area (Å²) in [6, 6.07) is 13.9. The van der Waals surface area contributed by atoms with Crippen molar-refractivity contribution in [2.75, 3.05) is 19.6 Å². The third kappa shape index (κ3) is 6.91. The molecule has 250 valence electrons. The van der Waals surface area contributed by atoms with Crippen molar-refractivity contribution in [3.8, 4) is 0 Å². The molecule has 0 radical (unpaired) electrons. The maximum Gasteiger partial charge on any atom is 0.166 e. The first-order valence-electron chi connectivity index (χ1n) is 17.9. The van der Waals surface area contributed by atoms with Crippen LogP contribution in [0.25, 0.3) is 0 Å². The summed E-state index contributed by atoms with van der Waals surface area (Å²) in [5.74, 6) is 0.395. The lowest BCUT2D eigenvalue weighted by atomic mass is 9.64. The molecule has 2 aromatic rings. The van der Waals surface area contributed by atoms with E-state index >= 15 is 0 Å². The van der Waals surface area contributed by atoms with Crippen molar-refractivity contribution in [1.29, 1.82) is 0 Å². The Labute approximate surface area is 281 Å². The molecule has 1 heterocycles. The molecule has 5 nitrogen and oxygen atoms in total. The van der Waals surface area contributed by atoms with E-state index in [1.165, 1.54) is 12.0 Å². The Bertz CT molecular complexity index is 1410. The number of ketones is 1. The lowest BCUT2D eigenvalue weighted by Gasteiger charge is -2.48. The molecule has 6 heteroatoms. The number of β-amino-alcohol motifs (C(OH)–C–C–N with tert-alkyl or cyclic N) is 1. The first-order chi connectivity index (χ1) is 22.0. The quantitative estimate of drug-likeness (QED) is 0.226. The number of aliphatic hydroxyl groups is 3. The molecule has 2 aromatic carbocycles. The van der Waals surface area contributed by atoms with E-state index in [0.29, 0.717) is 56.8 Å². The summed E-state index contributed by atoms with van der Waals surface area (Å²) in [4.78, 5) is 16.6. The van der Waals surface area contributed by atoms with Crippen LogP contribution < -0.4 is 0 Å². The van der Waals surface area contributed by atoms with Crippen molar-refractivity contribution >= 4 is 17.4 Å². The average molecular weight is 648 g/mol. The number of aliphatic hydroxyl groups excluding tert-OH is 1. The number of likely N-dealkylation sites (tertiary alicyclic amines) is 1. The van der Waals surface area contributed by atoms with Crippen LogP contribution in [0, 0.1) is 11.3 Å². The molecule has 4 aliphatic carbocycles. The molecule has 1 aliphatic heterocycles. The van der Waals surface area contributed by atoms with Gasteiger partial charge in [0.05, 0.1) is 17.3 Å². The number of hydrogen-bond donors (Lipinski definition) is 3. The van der Waals surface area contributed by atoms with Gasteiger partial charge < -0.3 is 20.2 Å². The highest BCUT2D eigenvalue weighted by Crippen LogP contribution is 2.59. The smallest absolute Gasteiger partial charge is 0.166 e. The van der Waals surface area contributed by atoms with Crippen molar-refractivity contribution in [3.05, 3.63) is 81.4 Å². The van der Waals surface area contributed by atoms with Crippen molar-refractivity contribution < 1.29 is 20.1 Å². The summed E-state index contributed by atoms with van der Waals surface area (Å²) in [7, 11) is 0. The van der Waals surface area contributed by atoms with E-state index in [2.05, 4.69) is 43.0 Å². The van der Waals surface area contributed by atoms with Gasteiger partial charge in [-0.25, -0.2) is 0 Å². The van der Waals surface area contributed by atoms with E-state index in [1.807, 2.05) is 24.3 Å². The Morgan fingerprint density at radius 2 is 1.65 bits per heavy atom. The van der Waals surface area contributed by atoms with Gasteiger partial charge in [-0.2, -0.15) is 0 Å². The Balaban J connectivity index is 1.30. The van der Waals surface area contributed by atoms with Crippen molar-refractivity contribution in [3.63, 3.8) is 0 Å². The second-order valence-electron chi connectivity index (χ2n) is 15.5. The van der Waals surface area contributed by atoms with Gasteiger partial charge in [0.2, 0.25) is 0 Å². The molecule has 2 bridgehead atoms. The van der Waals surface area contributed by atoms with E-state index in [0.717, 1.165) is 73.6 Å². The zero-order valence-electron chi connectivity index (χ0n) is 27.9. The summed E-state index contributed by atoms with van der Waals surface area (Å²) in [6.45, 7) is 6.42. The number of nitrogens with zero attached hydrogens (tertiary/aromatic N) is 1. The Morgan fingerprint density at radius 1 is 0.935 bits per heavy atom. The molecule has 0 spiro atoms. The summed E-state index contributed by atoms with van der Waals surface area (Å²) in [6.07, 6.45) is 13.8. The molecule has 7 rings (SSSR count). The molecule has 46 heavy (non-hydrogen) atoms. The SMILES string of the molecule is CC1=CCC[C@@]2(C)[C@@H](CC[C@@]2(O)CN2CCC(O)(c3ccc(Cl)cc3)CC2)c2ccc(cc2C(=O)C2CCCCC2)C[C@@H](O)CC1. The van der Waals surface area contributed by atoms with Gasteiger partial charge in [0.15, 0.2) is 5.78 Å². The lowest BCUT2D eigenvalue weighted by molar-refractivity contribution is -0.101. The minimum Gasteiger partial charge on any atom is -0.393 e. The van der Waals surface area contributed by atoms with Crippen LogP contribution in [-0.2, 0) is 12.0 Å². The van der Waals surface area contributed by atoms with Gasteiger partial charge in [0.1, 0.15) is 0 Å². The molecule has 0 aromatic heterocycles. The molecule has 0 unspecified atom stereocenters.